The number of hydrogen-bond acceptors (Lipinski definition) is 2. The summed E-state index contributed by atoms with van der Waals surface area (Å²) in [7, 11) is 1.65. The Balaban J connectivity index is 0.00000264. The fraction of sp³-hybridized carbons (Fsp3) is 0.188. The maximum atomic E-state index is 6.11. The standard InChI is InChI=1S/C16H17Cl2N3O.HI/c1-22-10-12-4-2-3-5-15(12)21-16(19)20-9-11-6-7-13(17)8-14(11)18;/h2-8H,9-10H2,1H3,(H3,19,20,21);1H. The number of nitrogens with zero attached hydrogens (tertiary/aromatic N) is 1. The minimum atomic E-state index is 0. The average Bonchev–Trinajstić information content (AvgIpc) is 2.48. The highest BCUT2D eigenvalue weighted by Gasteiger charge is 2.04. The van der Waals surface area contributed by atoms with Gasteiger partial charge >= 0.3 is 0 Å². The lowest BCUT2D eigenvalue weighted by Crippen LogP contribution is -2.23. The molecule has 0 aliphatic carbocycles. The summed E-state index contributed by atoms with van der Waals surface area (Å²) in [5.41, 5.74) is 8.66. The molecule has 0 radical (unpaired) electrons. The largest absolute Gasteiger partial charge is 0.380 e. The third-order valence-corrected chi connectivity index (χ3v) is 3.60. The zero-order valence-corrected chi connectivity index (χ0v) is 16.4. The van der Waals surface area contributed by atoms with Crippen LogP contribution in [-0.2, 0) is 17.9 Å². The zero-order valence-electron chi connectivity index (χ0n) is 12.6. The second-order valence-corrected chi connectivity index (χ2v) is 5.50. The highest BCUT2D eigenvalue weighted by Crippen LogP contribution is 2.21. The van der Waals surface area contributed by atoms with E-state index in [-0.39, 0.29) is 24.0 Å². The first-order valence-corrected chi connectivity index (χ1v) is 7.43. The Labute approximate surface area is 163 Å². The lowest BCUT2D eigenvalue weighted by Gasteiger charge is -2.11. The molecule has 3 N–H and O–H groups in total. The molecule has 0 aromatic heterocycles. The topological polar surface area (TPSA) is 59.6 Å². The number of nitrogens with one attached hydrogen (secondary N) is 1. The average molecular weight is 466 g/mol. The molecule has 0 unspecified atom stereocenters. The molecule has 0 aliphatic heterocycles. The summed E-state index contributed by atoms with van der Waals surface area (Å²) in [5.74, 6) is 0.314. The fourth-order valence-electron chi connectivity index (χ4n) is 1.92. The summed E-state index contributed by atoms with van der Waals surface area (Å²) < 4.78 is 5.16. The number of guanidine groups is 1. The molecule has 0 heterocycles. The van der Waals surface area contributed by atoms with Gasteiger partial charge in [0.05, 0.1) is 13.2 Å². The van der Waals surface area contributed by atoms with Crippen molar-refractivity contribution in [1.29, 1.82) is 0 Å². The SMILES string of the molecule is COCc1ccccc1NC(N)=NCc1ccc(Cl)cc1Cl.I. The van der Waals surface area contributed by atoms with Gasteiger partial charge in [0.2, 0.25) is 0 Å². The summed E-state index contributed by atoms with van der Waals surface area (Å²) >= 11 is 12.0. The van der Waals surface area contributed by atoms with E-state index in [1.807, 2.05) is 30.3 Å². The van der Waals surface area contributed by atoms with E-state index in [0.29, 0.717) is 29.2 Å². The molecule has 0 spiro atoms. The highest BCUT2D eigenvalue weighted by atomic mass is 127. The van der Waals surface area contributed by atoms with Crippen LogP contribution in [0.3, 0.4) is 0 Å². The van der Waals surface area contributed by atoms with Gasteiger partial charge in [0.15, 0.2) is 5.96 Å². The third-order valence-electron chi connectivity index (χ3n) is 3.01. The molecular weight excluding hydrogens is 448 g/mol. The molecule has 0 aliphatic rings. The zero-order chi connectivity index (χ0) is 15.9. The molecule has 0 amide bonds. The van der Waals surface area contributed by atoms with Crippen molar-refractivity contribution in [1.82, 2.24) is 0 Å². The van der Waals surface area contributed by atoms with Gasteiger partial charge in [0, 0.05) is 28.4 Å². The molecule has 4 nitrogen and oxygen atoms in total. The molecule has 7 heteroatoms. The predicted molar refractivity (Wildman–Crippen MR) is 108 cm³/mol. The van der Waals surface area contributed by atoms with Crippen molar-refractivity contribution < 1.29 is 4.74 Å². The Morgan fingerprint density at radius 1 is 1.17 bits per heavy atom. The van der Waals surface area contributed by atoms with Crippen LogP contribution < -0.4 is 11.1 Å². The number of rotatable bonds is 5. The van der Waals surface area contributed by atoms with E-state index in [1.165, 1.54) is 0 Å². The first-order chi connectivity index (χ1) is 10.6. The van der Waals surface area contributed by atoms with Gasteiger partial charge < -0.3 is 15.8 Å². The van der Waals surface area contributed by atoms with Gasteiger partial charge in [0.25, 0.3) is 0 Å². The van der Waals surface area contributed by atoms with Crippen LogP contribution in [0.4, 0.5) is 5.69 Å². The van der Waals surface area contributed by atoms with Gasteiger partial charge in [-0.2, -0.15) is 0 Å². The van der Waals surface area contributed by atoms with E-state index in [2.05, 4.69) is 10.3 Å². The van der Waals surface area contributed by atoms with Crippen LogP contribution >= 0.6 is 47.2 Å². The Kier molecular flexibility index (Phi) is 8.68. The molecule has 0 fully saturated rings. The van der Waals surface area contributed by atoms with Crippen LogP contribution in [0.5, 0.6) is 0 Å². The number of nitrogens with two attached hydrogens (primary N) is 1. The van der Waals surface area contributed by atoms with Crippen molar-refractivity contribution >= 4 is 58.8 Å². The Morgan fingerprint density at radius 2 is 1.91 bits per heavy atom. The quantitative estimate of drug-likeness (QED) is 0.382. The summed E-state index contributed by atoms with van der Waals surface area (Å²) in [5, 5.41) is 4.24. The molecule has 0 bridgehead atoms. The number of anilines is 1. The summed E-state index contributed by atoms with van der Waals surface area (Å²) in [6, 6.07) is 13.0. The Morgan fingerprint density at radius 3 is 2.61 bits per heavy atom. The van der Waals surface area contributed by atoms with Gasteiger partial charge in [-0.15, -0.1) is 24.0 Å². The Bertz CT molecular complexity index is 680. The van der Waals surface area contributed by atoms with E-state index < -0.39 is 0 Å². The molecule has 2 aromatic carbocycles. The summed E-state index contributed by atoms with van der Waals surface area (Å²) in [6.07, 6.45) is 0. The fourth-order valence-corrected chi connectivity index (χ4v) is 2.39. The van der Waals surface area contributed by atoms with Gasteiger partial charge in [0.1, 0.15) is 0 Å². The van der Waals surface area contributed by atoms with Crippen LogP contribution in [-0.4, -0.2) is 13.1 Å². The van der Waals surface area contributed by atoms with Crippen molar-refractivity contribution in [3.8, 4) is 0 Å². The number of hydrogen-bond donors (Lipinski definition) is 2. The van der Waals surface area contributed by atoms with Crippen LogP contribution in [0.25, 0.3) is 0 Å². The lowest BCUT2D eigenvalue weighted by atomic mass is 10.2. The second-order valence-electron chi connectivity index (χ2n) is 4.65. The van der Waals surface area contributed by atoms with E-state index in [1.54, 1.807) is 19.2 Å². The van der Waals surface area contributed by atoms with E-state index in [4.69, 9.17) is 33.7 Å². The first kappa shape index (κ1) is 20.0. The van der Waals surface area contributed by atoms with Crippen molar-refractivity contribution in [2.45, 2.75) is 13.2 Å². The van der Waals surface area contributed by atoms with E-state index in [9.17, 15) is 0 Å². The van der Waals surface area contributed by atoms with Crippen LogP contribution in [0.1, 0.15) is 11.1 Å². The number of benzene rings is 2. The molecule has 0 saturated heterocycles. The Hall–Kier alpha value is -1.02. The number of halogens is 3. The smallest absolute Gasteiger partial charge is 0.193 e. The monoisotopic (exact) mass is 465 g/mol. The molecule has 0 saturated carbocycles. The van der Waals surface area contributed by atoms with Crippen molar-refractivity contribution in [2.24, 2.45) is 10.7 Å². The van der Waals surface area contributed by atoms with Crippen molar-refractivity contribution in [3.05, 3.63) is 63.6 Å². The first-order valence-electron chi connectivity index (χ1n) is 6.68. The van der Waals surface area contributed by atoms with E-state index >= 15 is 0 Å². The van der Waals surface area contributed by atoms with Gasteiger partial charge in [-0.3, -0.25) is 0 Å². The second kappa shape index (κ2) is 9.97. The molecule has 23 heavy (non-hydrogen) atoms. The molecular formula is C16H18Cl2IN3O. The highest BCUT2D eigenvalue weighted by molar-refractivity contribution is 14.0. The lowest BCUT2D eigenvalue weighted by molar-refractivity contribution is 0.185. The molecule has 2 aromatic rings. The summed E-state index contributed by atoms with van der Waals surface area (Å²) in [4.78, 5) is 4.30. The minimum Gasteiger partial charge on any atom is -0.380 e. The number of para-hydroxylation sites is 1. The number of ether oxygens (including phenoxy) is 1. The molecule has 0 atom stereocenters. The van der Waals surface area contributed by atoms with Gasteiger partial charge in [-0.25, -0.2) is 4.99 Å². The van der Waals surface area contributed by atoms with Crippen LogP contribution in [0.2, 0.25) is 10.0 Å². The van der Waals surface area contributed by atoms with Gasteiger partial charge in [-0.05, 0) is 23.8 Å². The van der Waals surface area contributed by atoms with Crippen LogP contribution in [0.15, 0.2) is 47.5 Å². The van der Waals surface area contributed by atoms with E-state index in [0.717, 1.165) is 16.8 Å². The van der Waals surface area contributed by atoms with Crippen molar-refractivity contribution in [3.63, 3.8) is 0 Å². The number of aliphatic imine (C=N–C) groups is 1. The molecule has 124 valence electrons. The van der Waals surface area contributed by atoms with Gasteiger partial charge in [-0.1, -0.05) is 47.5 Å². The molecule has 2 rings (SSSR count). The maximum Gasteiger partial charge on any atom is 0.193 e. The predicted octanol–water partition coefficient (Wildman–Crippen LogP) is 4.68. The van der Waals surface area contributed by atoms with Crippen LogP contribution in [0, 0.1) is 0 Å². The van der Waals surface area contributed by atoms with Crippen molar-refractivity contribution in [2.75, 3.05) is 12.4 Å². The normalized spacial score (nSPS) is 11.0. The third kappa shape index (κ3) is 6.18. The summed E-state index contributed by atoms with van der Waals surface area (Å²) in [6.45, 7) is 0.876. The number of methoxy groups -OCH3 is 1. The minimum absolute atomic E-state index is 0. The maximum absolute atomic E-state index is 6.11.